The van der Waals surface area contributed by atoms with Gasteiger partial charge in [-0.25, -0.2) is 5.48 Å². The summed E-state index contributed by atoms with van der Waals surface area (Å²) < 4.78 is 0. The molecular formula is C27H38N4O2. The molecule has 2 heterocycles. The van der Waals surface area contributed by atoms with Crippen LogP contribution in [0.3, 0.4) is 0 Å². The maximum absolute atomic E-state index is 11.5. The molecule has 1 amide bonds. The second-order valence-corrected chi connectivity index (χ2v) is 9.86. The largest absolute Gasteiger partial charge is 0.299 e. The monoisotopic (exact) mass is 450 g/mol. The first-order valence-corrected chi connectivity index (χ1v) is 12.3. The van der Waals surface area contributed by atoms with E-state index in [4.69, 9.17) is 5.21 Å². The van der Waals surface area contributed by atoms with Crippen molar-refractivity contribution in [3.05, 3.63) is 70.8 Å². The number of carbonyl (C=O) groups excluding carboxylic acids is 1. The molecule has 178 valence electrons. The molecule has 0 spiro atoms. The number of hydrogen-bond acceptors (Lipinski definition) is 5. The van der Waals surface area contributed by atoms with Crippen molar-refractivity contribution in [1.82, 2.24) is 20.2 Å². The average molecular weight is 451 g/mol. The van der Waals surface area contributed by atoms with Gasteiger partial charge in [-0.15, -0.1) is 0 Å². The molecule has 0 saturated carbocycles. The summed E-state index contributed by atoms with van der Waals surface area (Å²) in [5.41, 5.74) is 6.18. The number of nitrogens with zero attached hydrogens (tertiary/aromatic N) is 3. The standard InChI is InChI=1S/C27H38N4O2/c1-21-16-30(18-23-9-11-26(12-10-23)27(32)28-33)17-22(2)31(21)20-25-8-6-7-24(15-25)19-29-13-4-3-5-14-29/h6-12,15,21-22,33H,3-5,13-14,16-20H2,1-2H3,(H,28,32). The molecule has 2 unspecified atom stereocenters. The maximum Gasteiger partial charge on any atom is 0.274 e. The Hall–Kier alpha value is -2.25. The van der Waals surface area contributed by atoms with Gasteiger partial charge in [0.2, 0.25) is 0 Å². The Kier molecular flexibility index (Phi) is 8.15. The Morgan fingerprint density at radius 3 is 2.09 bits per heavy atom. The summed E-state index contributed by atoms with van der Waals surface area (Å²) in [6.45, 7) is 12.1. The molecule has 2 saturated heterocycles. The molecule has 2 aromatic carbocycles. The van der Waals surface area contributed by atoms with Crippen LogP contribution in [0.4, 0.5) is 0 Å². The van der Waals surface area contributed by atoms with Gasteiger partial charge in [-0.1, -0.05) is 42.8 Å². The van der Waals surface area contributed by atoms with Crippen molar-refractivity contribution >= 4 is 5.91 Å². The Balaban J connectivity index is 1.32. The van der Waals surface area contributed by atoms with E-state index in [-0.39, 0.29) is 0 Å². The number of nitrogens with one attached hydrogen (secondary N) is 1. The van der Waals surface area contributed by atoms with Crippen LogP contribution in [0, 0.1) is 0 Å². The number of rotatable bonds is 7. The number of benzene rings is 2. The smallest absolute Gasteiger partial charge is 0.274 e. The van der Waals surface area contributed by atoms with E-state index in [1.807, 2.05) is 12.1 Å². The molecule has 0 radical (unpaired) electrons. The summed E-state index contributed by atoms with van der Waals surface area (Å²) in [4.78, 5) is 19.3. The van der Waals surface area contributed by atoms with Crippen LogP contribution >= 0.6 is 0 Å². The molecule has 2 N–H and O–H groups in total. The zero-order valence-electron chi connectivity index (χ0n) is 20.0. The van der Waals surface area contributed by atoms with Crippen LogP contribution in [0.2, 0.25) is 0 Å². The Morgan fingerprint density at radius 2 is 1.45 bits per heavy atom. The SMILES string of the molecule is CC1CN(Cc2ccc(C(=O)NO)cc2)CC(C)N1Cc1cccc(CN2CCCCC2)c1. The van der Waals surface area contributed by atoms with Crippen molar-refractivity contribution in [2.75, 3.05) is 26.2 Å². The summed E-state index contributed by atoms with van der Waals surface area (Å²) in [5.74, 6) is -0.475. The normalized spacial score (nSPS) is 22.9. The lowest BCUT2D eigenvalue weighted by molar-refractivity contribution is 0.0290. The van der Waals surface area contributed by atoms with Gasteiger partial charge in [0.1, 0.15) is 0 Å². The van der Waals surface area contributed by atoms with E-state index in [0.717, 1.165) is 32.7 Å². The molecule has 6 heteroatoms. The molecule has 0 bridgehead atoms. The molecule has 2 atom stereocenters. The number of carbonyl (C=O) groups is 1. The van der Waals surface area contributed by atoms with Crippen LogP contribution in [0.5, 0.6) is 0 Å². The number of piperidine rings is 1. The molecule has 4 rings (SSSR count). The third-order valence-electron chi connectivity index (χ3n) is 7.11. The predicted octanol–water partition coefficient (Wildman–Crippen LogP) is 3.89. The van der Waals surface area contributed by atoms with E-state index in [1.165, 1.54) is 49.0 Å². The molecule has 6 nitrogen and oxygen atoms in total. The van der Waals surface area contributed by atoms with Gasteiger partial charge in [0, 0.05) is 50.4 Å². The highest BCUT2D eigenvalue weighted by molar-refractivity contribution is 5.93. The predicted molar refractivity (Wildman–Crippen MR) is 131 cm³/mol. The fourth-order valence-electron chi connectivity index (χ4n) is 5.40. The second kappa shape index (κ2) is 11.3. The molecule has 2 aliphatic rings. The molecule has 0 aliphatic carbocycles. The fraction of sp³-hybridized carbons (Fsp3) is 0.519. The van der Waals surface area contributed by atoms with Gasteiger partial charge in [-0.05, 0) is 68.6 Å². The molecule has 0 aromatic heterocycles. The summed E-state index contributed by atoms with van der Waals surface area (Å²) in [7, 11) is 0. The topological polar surface area (TPSA) is 59.1 Å². The summed E-state index contributed by atoms with van der Waals surface area (Å²) in [6.07, 6.45) is 4.05. The zero-order valence-corrected chi connectivity index (χ0v) is 20.0. The van der Waals surface area contributed by atoms with Crippen molar-refractivity contribution in [3.63, 3.8) is 0 Å². The summed E-state index contributed by atoms with van der Waals surface area (Å²) in [6, 6.07) is 17.6. The van der Waals surface area contributed by atoms with Crippen molar-refractivity contribution < 1.29 is 10.0 Å². The molecule has 2 aliphatic heterocycles. The van der Waals surface area contributed by atoms with E-state index in [1.54, 1.807) is 17.6 Å². The molecular weight excluding hydrogens is 412 g/mol. The van der Waals surface area contributed by atoms with E-state index in [9.17, 15) is 4.79 Å². The lowest BCUT2D eigenvalue weighted by atomic mass is 10.0. The van der Waals surface area contributed by atoms with Crippen LogP contribution in [0.1, 0.15) is 60.2 Å². The minimum absolute atomic E-state index is 0.468. The number of piperazine rings is 1. The number of hydrogen-bond donors (Lipinski definition) is 2. The first-order chi connectivity index (χ1) is 16.0. The Bertz CT molecular complexity index is 899. The van der Waals surface area contributed by atoms with Crippen molar-refractivity contribution in [2.24, 2.45) is 0 Å². The highest BCUT2D eigenvalue weighted by Crippen LogP contribution is 2.22. The minimum atomic E-state index is -0.475. The lowest BCUT2D eigenvalue weighted by Crippen LogP contribution is -2.55. The van der Waals surface area contributed by atoms with E-state index in [2.05, 4.69) is 52.8 Å². The van der Waals surface area contributed by atoms with Crippen LogP contribution in [-0.4, -0.2) is 64.1 Å². The van der Waals surface area contributed by atoms with Gasteiger partial charge < -0.3 is 0 Å². The first kappa shape index (κ1) is 23.9. The van der Waals surface area contributed by atoms with Gasteiger partial charge in [0.15, 0.2) is 0 Å². The number of likely N-dealkylation sites (tertiary alicyclic amines) is 1. The minimum Gasteiger partial charge on any atom is -0.299 e. The number of amides is 1. The quantitative estimate of drug-likeness (QED) is 0.495. The highest BCUT2D eigenvalue weighted by Gasteiger charge is 2.29. The summed E-state index contributed by atoms with van der Waals surface area (Å²) >= 11 is 0. The second-order valence-electron chi connectivity index (χ2n) is 9.86. The van der Waals surface area contributed by atoms with Crippen LogP contribution in [0.15, 0.2) is 48.5 Å². The van der Waals surface area contributed by atoms with Crippen molar-refractivity contribution in [1.29, 1.82) is 0 Å². The Morgan fingerprint density at radius 1 is 0.848 bits per heavy atom. The first-order valence-electron chi connectivity index (χ1n) is 12.3. The van der Waals surface area contributed by atoms with Crippen LogP contribution in [-0.2, 0) is 19.6 Å². The number of hydroxylamine groups is 1. The molecule has 2 fully saturated rings. The van der Waals surface area contributed by atoms with Crippen LogP contribution < -0.4 is 5.48 Å². The Labute approximate surface area is 198 Å². The molecule has 33 heavy (non-hydrogen) atoms. The van der Waals surface area contributed by atoms with Gasteiger partial charge in [-0.2, -0.15) is 0 Å². The third kappa shape index (κ3) is 6.42. The maximum atomic E-state index is 11.5. The lowest BCUT2D eigenvalue weighted by Gasteiger charge is -2.44. The van der Waals surface area contributed by atoms with E-state index < -0.39 is 5.91 Å². The van der Waals surface area contributed by atoms with Gasteiger partial charge >= 0.3 is 0 Å². The zero-order chi connectivity index (χ0) is 23.2. The highest BCUT2D eigenvalue weighted by atomic mass is 16.5. The van der Waals surface area contributed by atoms with Gasteiger partial charge in [0.25, 0.3) is 5.91 Å². The van der Waals surface area contributed by atoms with Crippen molar-refractivity contribution in [2.45, 2.75) is 64.8 Å². The van der Waals surface area contributed by atoms with Crippen LogP contribution in [0.25, 0.3) is 0 Å². The van der Waals surface area contributed by atoms with Crippen molar-refractivity contribution in [3.8, 4) is 0 Å². The molecule has 2 aromatic rings. The van der Waals surface area contributed by atoms with Gasteiger partial charge in [0.05, 0.1) is 0 Å². The van der Waals surface area contributed by atoms with E-state index >= 15 is 0 Å². The van der Waals surface area contributed by atoms with Gasteiger partial charge in [-0.3, -0.25) is 24.7 Å². The van der Waals surface area contributed by atoms with E-state index in [0.29, 0.717) is 17.6 Å². The fourth-order valence-corrected chi connectivity index (χ4v) is 5.40. The summed E-state index contributed by atoms with van der Waals surface area (Å²) in [5, 5.41) is 8.78. The third-order valence-corrected chi connectivity index (χ3v) is 7.11. The average Bonchev–Trinajstić information content (AvgIpc) is 2.82.